The van der Waals surface area contributed by atoms with E-state index in [2.05, 4.69) is 17.4 Å². The monoisotopic (exact) mass is 234 g/mol. The average molecular weight is 234 g/mol. The fourth-order valence-electron chi connectivity index (χ4n) is 2.19. The van der Waals surface area contributed by atoms with E-state index in [9.17, 15) is 4.79 Å². The molecular formula is C13H18N2O2. The van der Waals surface area contributed by atoms with E-state index >= 15 is 0 Å². The van der Waals surface area contributed by atoms with Crippen LogP contribution in [-0.2, 0) is 16.0 Å². The van der Waals surface area contributed by atoms with Gasteiger partial charge in [-0.05, 0) is 17.5 Å². The van der Waals surface area contributed by atoms with E-state index in [1.165, 1.54) is 18.2 Å². The Morgan fingerprint density at radius 2 is 2.35 bits per heavy atom. The lowest BCUT2D eigenvalue weighted by molar-refractivity contribution is -0.130. The summed E-state index contributed by atoms with van der Waals surface area (Å²) in [7, 11) is 1.50. The molecule has 1 aliphatic rings. The zero-order chi connectivity index (χ0) is 12.3. The summed E-state index contributed by atoms with van der Waals surface area (Å²) in [4.78, 5) is 11.6. The highest BCUT2D eigenvalue weighted by molar-refractivity contribution is 5.81. The van der Waals surface area contributed by atoms with Gasteiger partial charge in [-0.25, -0.2) is 0 Å². The van der Waals surface area contributed by atoms with Crippen molar-refractivity contribution in [2.75, 3.05) is 20.2 Å². The lowest BCUT2D eigenvalue weighted by atomic mass is 9.77. The number of nitrogens with one attached hydrogen (secondary N) is 1. The molecule has 2 atom stereocenters. The highest BCUT2D eigenvalue weighted by atomic mass is 16.5. The van der Waals surface area contributed by atoms with Crippen molar-refractivity contribution in [3.8, 4) is 0 Å². The average Bonchev–Trinajstić information content (AvgIpc) is 2.32. The van der Waals surface area contributed by atoms with E-state index in [0.29, 0.717) is 12.5 Å². The van der Waals surface area contributed by atoms with E-state index < -0.39 is 6.10 Å². The molecule has 4 heteroatoms. The van der Waals surface area contributed by atoms with E-state index in [1.54, 1.807) is 0 Å². The van der Waals surface area contributed by atoms with Crippen molar-refractivity contribution in [1.82, 2.24) is 5.32 Å². The van der Waals surface area contributed by atoms with Crippen LogP contribution < -0.4 is 11.1 Å². The minimum absolute atomic E-state index is 0.126. The van der Waals surface area contributed by atoms with Gasteiger partial charge in [-0.1, -0.05) is 24.3 Å². The molecule has 17 heavy (non-hydrogen) atoms. The van der Waals surface area contributed by atoms with Gasteiger partial charge in [0.15, 0.2) is 0 Å². The van der Waals surface area contributed by atoms with Gasteiger partial charge in [0, 0.05) is 26.1 Å². The molecule has 1 aromatic rings. The molecular weight excluding hydrogens is 216 g/mol. The Morgan fingerprint density at radius 3 is 3.00 bits per heavy atom. The van der Waals surface area contributed by atoms with Gasteiger partial charge < -0.3 is 15.8 Å². The minimum atomic E-state index is -0.537. The van der Waals surface area contributed by atoms with Crippen LogP contribution in [0.3, 0.4) is 0 Å². The van der Waals surface area contributed by atoms with Gasteiger partial charge in [0.25, 0.3) is 0 Å². The summed E-state index contributed by atoms with van der Waals surface area (Å²) in [5.41, 5.74) is 8.15. The maximum atomic E-state index is 11.6. The third-order valence-corrected chi connectivity index (χ3v) is 3.27. The topological polar surface area (TPSA) is 64.3 Å². The van der Waals surface area contributed by atoms with Gasteiger partial charge in [-0.3, -0.25) is 4.79 Å². The molecule has 0 saturated carbocycles. The van der Waals surface area contributed by atoms with E-state index in [0.717, 1.165) is 6.42 Å². The normalized spacial score (nSPS) is 19.1. The number of carbonyl (C=O) groups excluding carboxylic acids is 1. The first kappa shape index (κ1) is 12.1. The summed E-state index contributed by atoms with van der Waals surface area (Å²) in [5, 5.41) is 2.88. The quantitative estimate of drug-likeness (QED) is 0.776. The number of amides is 1. The van der Waals surface area contributed by atoms with Crippen molar-refractivity contribution in [3.05, 3.63) is 35.4 Å². The molecule has 3 N–H and O–H groups in total. The first-order valence-corrected chi connectivity index (χ1v) is 5.84. The van der Waals surface area contributed by atoms with Crippen LogP contribution in [0.5, 0.6) is 0 Å². The Labute approximate surface area is 101 Å². The standard InChI is InChI=1S/C13H18N2O2/c1-17-12(7-14)13(16)15-8-10-6-9-4-2-3-5-11(9)10/h2-5,10,12H,6-8,14H2,1H3,(H,15,16). The summed E-state index contributed by atoms with van der Waals surface area (Å²) >= 11 is 0. The third-order valence-electron chi connectivity index (χ3n) is 3.27. The molecule has 0 radical (unpaired) electrons. The van der Waals surface area contributed by atoms with Crippen molar-refractivity contribution in [2.24, 2.45) is 5.73 Å². The van der Waals surface area contributed by atoms with Gasteiger partial charge in [0.05, 0.1) is 0 Å². The van der Waals surface area contributed by atoms with Crippen LogP contribution in [0.2, 0.25) is 0 Å². The summed E-state index contributed by atoms with van der Waals surface area (Å²) in [5.74, 6) is 0.310. The van der Waals surface area contributed by atoms with Crippen LogP contribution in [-0.4, -0.2) is 32.2 Å². The highest BCUT2D eigenvalue weighted by Gasteiger charge is 2.26. The Bertz CT molecular complexity index is 402. The summed E-state index contributed by atoms with van der Waals surface area (Å²) in [6, 6.07) is 8.32. The number of carbonyl (C=O) groups is 1. The largest absolute Gasteiger partial charge is 0.370 e. The molecule has 0 spiro atoms. The van der Waals surface area contributed by atoms with Crippen LogP contribution in [0, 0.1) is 0 Å². The summed E-state index contributed by atoms with van der Waals surface area (Å²) < 4.78 is 4.98. The molecule has 4 nitrogen and oxygen atoms in total. The maximum Gasteiger partial charge on any atom is 0.250 e. The Morgan fingerprint density at radius 1 is 1.59 bits per heavy atom. The number of methoxy groups -OCH3 is 1. The van der Waals surface area contributed by atoms with E-state index in [-0.39, 0.29) is 12.5 Å². The highest BCUT2D eigenvalue weighted by Crippen LogP contribution is 2.33. The molecule has 0 saturated heterocycles. The van der Waals surface area contributed by atoms with Crippen molar-refractivity contribution in [1.29, 1.82) is 0 Å². The van der Waals surface area contributed by atoms with Crippen molar-refractivity contribution in [2.45, 2.75) is 18.4 Å². The van der Waals surface area contributed by atoms with Crippen molar-refractivity contribution in [3.63, 3.8) is 0 Å². The maximum absolute atomic E-state index is 11.6. The lowest BCUT2D eigenvalue weighted by Gasteiger charge is -2.30. The fraction of sp³-hybridized carbons (Fsp3) is 0.462. The molecule has 2 unspecified atom stereocenters. The van der Waals surface area contributed by atoms with Gasteiger partial charge in [0.1, 0.15) is 6.10 Å². The molecule has 1 amide bonds. The SMILES string of the molecule is COC(CN)C(=O)NCC1Cc2ccccc21. The number of rotatable bonds is 5. The van der Waals surface area contributed by atoms with E-state index in [1.807, 2.05) is 12.1 Å². The van der Waals surface area contributed by atoms with Crippen LogP contribution in [0.1, 0.15) is 17.0 Å². The van der Waals surface area contributed by atoms with Crippen LogP contribution in [0.25, 0.3) is 0 Å². The van der Waals surface area contributed by atoms with Gasteiger partial charge in [0.2, 0.25) is 5.91 Å². The minimum Gasteiger partial charge on any atom is -0.370 e. The Balaban J connectivity index is 1.83. The van der Waals surface area contributed by atoms with Crippen LogP contribution >= 0.6 is 0 Å². The lowest BCUT2D eigenvalue weighted by Crippen LogP contribution is -2.43. The molecule has 1 aromatic carbocycles. The van der Waals surface area contributed by atoms with Crippen LogP contribution in [0.4, 0.5) is 0 Å². The molecule has 0 aliphatic heterocycles. The number of fused-ring (bicyclic) bond motifs is 1. The second-order valence-corrected chi connectivity index (χ2v) is 4.31. The molecule has 0 heterocycles. The fourth-order valence-corrected chi connectivity index (χ4v) is 2.19. The predicted octanol–water partition coefficient (Wildman–Crippen LogP) is 0.416. The Hall–Kier alpha value is -1.39. The first-order valence-electron chi connectivity index (χ1n) is 5.84. The number of benzene rings is 1. The second-order valence-electron chi connectivity index (χ2n) is 4.31. The number of hydrogen-bond acceptors (Lipinski definition) is 3. The van der Waals surface area contributed by atoms with Gasteiger partial charge in [-0.15, -0.1) is 0 Å². The zero-order valence-corrected chi connectivity index (χ0v) is 9.98. The van der Waals surface area contributed by atoms with Crippen LogP contribution in [0.15, 0.2) is 24.3 Å². The summed E-state index contributed by atoms with van der Waals surface area (Å²) in [6.45, 7) is 0.874. The molecule has 0 bridgehead atoms. The third kappa shape index (κ3) is 2.48. The van der Waals surface area contributed by atoms with E-state index in [4.69, 9.17) is 10.5 Å². The second kappa shape index (κ2) is 5.29. The molecule has 0 fully saturated rings. The number of hydrogen-bond donors (Lipinski definition) is 2. The Kier molecular flexibility index (Phi) is 3.76. The summed E-state index contributed by atoms with van der Waals surface area (Å²) in [6.07, 6.45) is 0.502. The number of ether oxygens (including phenoxy) is 1. The first-order chi connectivity index (χ1) is 8.26. The smallest absolute Gasteiger partial charge is 0.250 e. The molecule has 1 aliphatic carbocycles. The number of nitrogens with two attached hydrogens (primary N) is 1. The zero-order valence-electron chi connectivity index (χ0n) is 9.98. The van der Waals surface area contributed by atoms with Crippen molar-refractivity contribution >= 4 is 5.91 Å². The molecule has 92 valence electrons. The van der Waals surface area contributed by atoms with Gasteiger partial charge >= 0.3 is 0 Å². The predicted molar refractivity (Wildman–Crippen MR) is 65.7 cm³/mol. The van der Waals surface area contributed by atoms with Gasteiger partial charge in [-0.2, -0.15) is 0 Å². The van der Waals surface area contributed by atoms with Crippen molar-refractivity contribution < 1.29 is 9.53 Å². The molecule has 2 rings (SSSR count). The molecule has 0 aromatic heterocycles.